The van der Waals surface area contributed by atoms with Crippen LogP contribution in [0.25, 0.3) is 43.8 Å². The number of nitrogens with one attached hydrogen (secondary N) is 2. The Labute approximate surface area is 276 Å². The van der Waals surface area contributed by atoms with E-state index in [-0.39, 0.29) is 54.3 Å². The summed E-state index contributed by atoms with van der Waals surface area (Å²) >= 11 is 0. The van der Waals surface area contributed by atoms with Crippen LogP contribution in [-0.4, -0.2) is 39.1 Å². The molecule has 0 unspecified atom stereocenters. The van der Waals surface area contributed by atoms with E-state index >= 15 is 0 Å². The monoisotopic (exact) mass is 610 g/mol. The number of fused-ring (bicyclic) bond motifs is 2. The van der Waals surface area contributed by atoms with Crippen LogP contribution in [0.1, 0.15) is 18.1 Å². The van der Waals surface area contributed by atoms with Gasteiger partial charge in [-0.2, -0.15) is 0 Å². The fraction of sp³-hybridized carbons (Fsp3) is 0.111. The molecule has 6 aromatic rings. The normalized spacial score (nSPS) is 10.2. The van der Waals surface area contributed by atoms with Gasteiger partial charge in [-0.15, -0.1) is 0 Å². The SMILES string of the molecule is CCOC(=O)Cc1ccc(-c2c[nH]c(=O)c3ccccc23)cc1.O=C(O)Cc1ccc(-c2c[nH]c(=O)c3ccccc23)cc1.[Li+].[OH-]. The molecule has 0 fully saturated rings. The topological polar surface area (TPSA) is 159 Å². The average Bonchev–Trinajstić information content (AvgIpc) is 3.03. The number of aliphatic carboxylic acids is 1. The van der Waals surface area contributed by atoms with Crippen LogP contribution in [0, 0.1) is 0 Å². The molecule has 10 heteroatoms. The van der Waals surface area contributed by atoms with E-state index in [1.54, 1.807) is 37.5 Å². The Hall–Kier alpha value is -5.20. The van der Waals surface area contributed by atoms with Crippen molar-refractivity contribution in [1.29, 1.82) is 0 Å². The van der Waals surface area contributed by atoms with Crippen molar-refractivity contribution in [3.63, 3.8) is 0 Å². The Balaban J connectivity index is 0.000000241. The second-order valence-corrected chi connectivity index (χ2v) is 10.1. The zero-order valence-electron chi connectivity index (χ0n) is 25.4. The third kappa shape index (κ3) is 8.28. The number of hydrogen-bond donors (Lipinski definition) is 3. The van der Waals surface area contributed by atoms with Crippen molar-refractivity contribution < 1.29 is 43.8 Å². The summed E-state index contributed by atoms with van der Waals surface area (Å²) in [4.78, 5) is 51.4. The molecule has 6 rings (SSSR count). The summed E-state index contributed by atoms with van der Waals surface area (Å²) in [7, 11) is 0. The van der Waals surface area contributed by atoms with Gasteiger partial charge in [0.15, 0.2) is 0 Å². The van der Waals surface area contributed by atoms with Gasteiger partial charge in [-0.1, -0.05) is 84.9 Å². The first kappa shape index (κ1) is 35.3. The van der Waals surface area contributed by atoms with Crippen LogP contribution in [0.3, 0.4) is 0 Å². The van der Waals surface area contributed by atoms with Crippen molar-refractivity contribution in [3.05, 3.63) is 141 Å². The Morgan fingerprint density at radius 1 is 0.630 bits per heavy atom. The van der Waals surface area contributed by atoms with E-state index in [0.29, 0.717) is 17.4 Å². The molecule has 0 aliphatic carbocycles. The van der Waals surface area contributed by atoms with Crippen LogP contribution in [0.5, 0.6) is 0 Å². The Bertz CT molecular complexity index is 2070. The first-order valence-corrected chi connectivity index (χ1v) is 14.1. The number of pyridine rings is 2. The minimum absolute atomic E-state index is 0. The summed E-state index contributed by atoms with van der Waals surface area (Å²) in [5, 5.41) is 11.9. The van der Waals surface area contributed by atoms with Crippen LogP contribution in [0.15, 0.2) is 119 Å². The molecule has 0 spiro atoms. The van der Waals surface area contributed by atoms with Gasteiger partial charge in [0.2, 0.25) is 0 Å². The van der Waals surface area contributed by atoms with Crippen LogP contribution in [0.2, 0.25) is 0 Å². The third-order valence-electron chi connectivity index (χ3n) is 7.16. The van der Waals surface area contributed by atoms with Gasteiger partial charge >= 0.3 is 30.8 Å². The average molecular weight is 611 g/mol. The molecule has 9 nitrogen and oxygen atoms in total. The number of ether oxygens (including phenoxy) is 1. The van der Waals surface area contributed by atoms with Gasteiger partial charge in [0.1, 0.15) is 0 Å². The summed E-state index contributed by atoms with van der Waals surface area (Å²) in [6.07, 6.45) is 3.69. The molecule has 0 aliphatic heterocycles. The van der Waals surface area contributed by atoms with Crippen LogP contribution < -0.4 is 30.0 Å². The number of aromatic nitrogens is 2. The van der Waals surface area contributed by atoms with Crippen molar-refractivity contribution in [3.8, 4) is 22.3 Å². The first-order valence-electron chi connectivity index (χ1n) is 14.1. The summed E-state index contributed by atoms with van der Waals surface area (Å²) in [5.74, 6) is -1.08. The molecule has 0 aliphatic rings. The van der Waals surface area contributed by atoms with E-state index in [1.165, 1.54) is 0 Å². The Kier molecular flexibility index (Phi) is 12.4. The molecule has 0 amide bonds. The van der Waals surface area contributed by atoms with Gasteiger partial charge in [-0.25, -0.2) is 0 Å². The molecule has 4 aromatic carbocycles. The quantitative estimate of drug-likeness (QED) is 0.185. The minimum atomic E-state index is -0.850. The van der Waals surface area contributed by atoms with Crippen LogP contribution in [0.4, 0.5) is 0 Å². The number of esters is 1. The van der Waals surface area contributed by atoms with Gasteiger partial charge < -0.3 is 25.3 Å². The molecule has 0 atom stereocenters. The largest absolute Gasteiger partial charge is 1.00 e. The fourth-order valence-electron chi connectivity index (χ4n) is 5.05. The smallest absolute Gasteiger partial charge is 0.870 e. The fourth-order valence-corrected chi connectivity index (χ4v) is 5.05. The van der Waals surface area contributed by atoms with Gasteiger partial charge in [-0.05, 0) is 52.1 Å². The van der Waals surface area contributed by atoms with Crippen molar-refractivity contribution in [2.24, 2.45) is 0 Å². The molecular weight excluding hydrogens is 579 g/mol. The van der Waals surface area contributed by atoms with Gasteiger partial charge in [-0.3, -0.25) is 19.2 Å². The number of carboxylic acid groups (broad SMARTS) is 1. The van der Waals surface area contributed by atoms with Crippen molar-refractivity contribution in [1.82, 2.24) is 9.97 Å². The predicted octanol–water partition coefficient (Wildman–Crippen LogP) is 2.95. The van der Waals surface area contributed by atoms with E-state index < -0.39 is 5.97 Å². The summed E-state index contributed by atoms with van der Waals surface area (Å²) < 4.78 is 4.95. The number of hydrogen-bond acceptors (Lipinski definition) is 6. The molecule has 0 saturated heterocycles. The number of carbonyl (C=O) groups excluding carboxylic acids is 1. The van der Waals surface area contributed by atoms with Gasteiger partial charge in [0.25, 0.3) is 11.1 Å². The van der Waals surface area contributed by atoms with Crippen molar-refractivity contribution >= 4 is 33.5 Å². The second-order valence-electron chi connectivity index (χ2n) is 10.1. The maximum absolute atomic E-state index is 11.9. The number of carbonyl (C=O) groups is 2. The molecule has 228 valence electrons. The minimum Gasteiger partial charge on any atom is -0.870 e. The maximum atomic E-state index is 11.9. The standard InChI is InChI=1S/C19H17NO3.C17H13NO3.Li.H2O/c1-2-23-18(21)11-13-7-9-14(10-8-13)17-12-20-19(22)16-6-4-3-5-15(16)17;19-16(20)9-11-5-7-12(8-6-11)15-10-18-17(21)14-4-2-1-3-13(14)15;;/h3-10,12H,2,11H2,1H3,(H,20,22);1-8,10H,9H2,(H,18,21)(H,19,20);;1H2/q;;+1;/p-1. The number of rotatable bonds is 7. The second kappa shape index (κ2) is 16.2. The van der Waals surface area contributed by atoms with E-state index in [9.17, 15) is 19.2 Å². The number of aromatic amines is 2. The van der Waals surface area contributed by atoms with E-state index in [4.69, 9.17) is 9.84 Å². The molecule has 0 bridgehead atoms. The zero-order valence-corrected chi connectivity index (χ0v) is 25.4. The Morgan fingerprint density at radius 3 is 1.41 bits per heavy atom. The maximum Gasteiger partial charge on any atom is 1.00 e. The van der Waals surface area contributed by atoms with Crippen LogP contribution >= 0.6 is 0 Å². The molecule has 4 N–H and O–H groups in total. The van der Waals surface area contributed by atoms with Gasteiger partial charge in [0, 0.05) is 34.3 Å². The molecule has 0 radical (unpaired) electrons. The van der Waals surface area contributed by atoms with E-state index in [0.717, 1.165) is 44.2 Å². The molecule has 2 heterocycles. The van der Waals surface area contributed by atoms with Crippen LogP contribution in [-0.2, 0) is 27.2 Å². The van der Waals surface area contributed by atoms with Crippen molar-refractivity contribution in [2.45, 2.75) is 19.8 Å². The van der Waals surface area contributed by atoms with Crippen molar-refractivity contribution in [2.75, 3.05) is 6.61 Å². The third-order valence-corrected chi connectivity index (χ3v) is 7.16. The predicted molar refractivity (Wildman–Crippen MR) is 174 cm³/mol. The molecule has 2 aromatic heterocycles. The van der Waals surface area contributed by atoms with E-state index in [1.807, 2.05) is 78.9 Å². The molecule has 46 heavy (non-hydrogen) atoms. The summed E-state index contributed by atoms with van der Waals surface area (Å²) in [6, 6.07) is 30.0. The summed E-state index contributed by atoms with van der Waals surface area (Å²) in [5.41, 5.74) is 5.26. The Morgan fingerprint density at radius 2 is 1.02 bits per heavy atom. The zero-order chi connectivity index (χ0) is 31.1. The number of benzene rings is 4. The number of carboxylic acids is 1. The molecule has 0 saturated carbocycles. The first-order chi connectivity index (χ1) is 21.3. The summed E-state index contributed by atoms with van der Waals surface area (Å²) in [6.45, 7) is 2.18. The number of H-pyrrole nitrogens is 2. The van der Waals surface area contributed by atoms with Gasteiger partial charge in [0.05, 0.1) is 19.4 Å². The molecular formula is C36H31LiN2O7. The van der Waals surface area contributed by atoms with E-state index in [2.05, 4.69) is 9.97 Å².